The molecule has 22 heavy (non-hydrogen) atoms. The normalized spacial score (nSPS) is 15.2. The van der Waals surface area contributed by atoms with Gasteiger partial charge in [0, 0.05) is 18.8 Å². The lowest BCUT2D eigenvalue weighted by Crippen LogP contribution is -2.35. The van der Waals surface area contributed by atoms with Gasteiger partial charge in [-0.2, -0.15) is 11.8 Å². The molecular weight excluding hydrogens is 298 g/mol. The van der Waals surface area contributed by atoms with Crippen molar-refractivity contribution in [1.29, 1.82) is 0 Å². The van der Waals surface area contributed by atoms with Gasteiger partial charge in [-0.05, 0) is 36.8 Å². The van der Waals surface area contributed by atoms with Crippen LogP contribution in [0.25, 0.3) is 0 Å². The Balaban J connectivity index is 1.82. The SMILES string of the molecule is CSCc1ccc(C(=O)OCC(=O)N2CCCCCC2)cc1. The van der Waals surface area contributed by atoms with Crippen molar-refractivity contribution in [3.63, 3.8) is 0 Å². The number of likely N-dealkylation sites (tertiary alicyclic amines) is 1. The Hall–Kier alpha value is -1.49. The maximum atomic E-state index is 12.1. The quantitative estimate of drug-likeness (QED) is 0.782. The third-order valence-corrected chi connectivity index (χ3v) is 4.41. The molecule has 4 nitrogen and oxygen atoms in total. The molecule has 1 heterocycles. The molecule has 2 rings (SSSR count). The van der Waals surface area contributed by atoms with Gasteiger partial charge in [-0.25, -0.2) is 4.79 Å². The molecule has 5 heteroatoms. The van der Waals surface area contributed by atoms with Crippen LogP contribution in [-0.2, 0) is 15.3 Å². The summed E-state index contributed by atoms with van der Waals surface area (Å²) in [5, 5.41) is 0. The van der Waals surface area contributed by atoms with Crippen molar-refractivity contribution in [2.45, 2.75) is 31.4 Å². The fourth-order valence-electron chi connectivity index (χ4n) is 2.53. The van der Waals surface area contributed by atoms with Gasteiger partial charge in [0.25, 0.3) is 5.91 Å². The van der Waals surface area contributed by atoms with Crippen LogP contribution in [0.5, 0.6) is 0 Å². The summed E-state index contributed by atoms with van der Waals surface area (Å²) in [6.45, 7) is 1.39. The monoisotopic (exact) mass is 321 g/mol. The van der Waals surface area contributed by atoms with Crippen LogP contribution in [0.3, 0.4) is 0 Å². The average molecular weight is 321 g/mol. The zero-order chi connectivity index (χ0) is 15.8. The molecule has 1 aromatic rings. The summed E-state index contributed by atoms with van der Waals surface area (Å²) >= 11 is 1.73. The second-order valence-corrected chi connectivity index (χ2v) is 6.37. The molecule has 0 aromatic heterocycles. The van der Waals surface area contributed by atoms with Gasteiger partial charge in [0.1, 0.15) is 0 Å². The first-order chi connectivity index (χ1) is 10.7. The molecule has 1 amide bonds. The van der Waals surface area contributed by atoms with Crippen LogP contribution in [0.2, 0.25) is 0 Å². The Morgan fingerprint density at radius 3 is 2.32 bits per heavy atom. The van der Waals surface area contributed by atoms with E-state index in [1.54, 1.807) is 23.9 Å². The lowest BCUT2D eigenvalue weighted by atomic mass is 10.1. The number of benzene rings is 1. The van der Waals surface area contributed by atoms with Gasteiger partial charge in [0.2, 0.25) is 0 Å². The second-order valence-electron chi connectivity index (χ2n) is 5.50. The third kappa shape index (κ3) is 5.05. The number of ether oxygens (including phenoxy) is 1. The van der Waals surface area contributed by atoms with Crippen molar-refractivity contribution in [1.82, 2.24) is 4.90 Å². The highest BCUT2D eigenvalue weighted by molar-refractivity contribution is 7.97. The summed E-state index contributed by atoms with van der Waals surface area (Å²) in [6, 6.07) is 7.35. The van der Waals surface area contributed by atoms with E-state index in [-0.39, 0.29) is 12.5 Å². The summed E-state index contributed by atoms with van der Waals surface area (Å²) in [7, 11) is 0. The van der Waals surface area contributed by atoms with Crippen LogP contribution in [0.15, 0.2) is 24.3 Å². The molecule has 0 N–H and O–H groups in total. The number of carbonyl (C=O) groups excluding carboxylic acids is 2. The number of nitrogens with zero attached hydrogens (tertiary/aromatic N) is 1. The van der Waals surface area contributed by atoms with E-state index >= 15 is 0 Å². The Morgan fingerprint density at radius 1 is 1.09 bits per heavy atom. The first-order valence-corrected chi connectivity index (χ1v) is 9.13. The van der Waals surface area contributed by atoms with E-state index < -0.39 is 5.97 Å². The van der Waals surface area contributed by atoms with Gasteiger partial charge in [-0.1, -0.05) is 25.0 Å². The predicted molar refractivity (Wildman–Crippen MR) is 89.0 cm³/mol. The largest absolute Gasteiger partial charge is 0.452 e. The standard InChI is InChI=1S/C17H23NO3S/c1-22-13-14-6-8-15(9-7-14)17(20)21-12-16(19)18-10-4-2-3-5-11-18/h6-9H,2-5,10-13H2,1H3. The van der Waals surface area contributed by atoms with Gasteiger partial charge >= 0.3 is 5.97 Å². The zero-order valence-electron chi connectivity index (χ0n) is 13.0. The summed E-state index contributed by atoms with van der Waals surface area (Å²) in [6.07, 6.45) is 6.46. The van der Waals surface area contributed by atoms with Crippen LogP contribution in [0.4, 0.5) is 0 Å². The molecule has 0 bridgehead atoms. The van der Waals surface area contributed by atoms with Crippen LogP contribution in [-0.4, -0.2) is 42.7 Å². The number of carbonyl (C=O) groups is 2. The molecule has 0 aliphatic carbocycles. The number of rotatable bonds is 5. The molecular formula is C17H23NO3S. The van der Waals surface area contributed by atoms with Gasteiger partial charge in [-0.15, -0.1) is 0 Å². The summed E-state index contributed by atoms with van der Waals surface area (Å²) < 4.78 is 5.15. The van der Waals surface area contributed by atoms with E-state index in [1.807, 2.05) is 23.3 Å². The number of thioether (sulfide) groups is 1. The minimum atomic E-state index is -0.432. The molecule has 1 saturated heterocycles. The minimum absolute atomic E-state index is 0.0887. The van der Waals surface area contributed by atoms with Gasteiger partial charge in [0.05, 0.1) is 5.56 Å². The van der Waals surface area contributed by atoms with Crippen molar-refractivity contribution >= 4 is 23.6 Å². The second kappa shape index (κ2) is 8.83. The molecule has 0 radical (unpaired) electrons. The van der Waals surface area contributed by atoms with Crippen molar-refractivity contribution in [3.05, 3.63) is 35.4 Å². The van der Waals surface area contributed by atoms with Gasteiger partial charge in [0.15, 0.2) is 6.61 Å². The van der Waals surface area contributed by atoms with E-state index in [1.165, 1.54) is 18.4 Å². The lowest BCUT2D eigenvalue weighted by Gasteiger charge is -2.19. The molecule has 1 aliphatic heterocycles. The van der Waals surface area contributed by atoms with E-state index in [4.69, 9.17) is 4.74 Å². The number of hydrogen-bond donors (Lipinski definition) is 0. The number of esters is 1. The fraction of sp³-hybridized carbons (Fsp3) is 0.529. The molecule has 0 saturated carbocycles. The van der Waals surface area contributed by atoms with Crippen molar-refractivity contribution < 1.29 is 14.3 Å². The van der Waals surface area contributed by atoms with E-state index in [2.05, 4.69) is 0 Å². The van der Waals surface area contributed by atoms with E-state index in [9.17, 15) is 9.59 Å². The molecule has 1 aromatic carbocycles. The smallest absolute Gasteiger partial charge is 0.338 e. The molecule has 0 spiro atoms. The van der Waals surface area contributed by atoms with Crippen LogP contribution in [0.1, 0.15) is 41.6 Å². The topological polar surface area (TPSA) is 46.6 Å². The summed E-state index contributed by atoms with van der Waals surface area (Å²) in [4.78, 5) is 25.9. The highest BCUT2D eigenvalue weighted by atomic mass is 32.2. The Bertz CT molecular complexity index is 493. The first kappa shape index (κ1) is 16.9. The molecule has 0 unspecified atom stereocenters. The fourth-order valence-corrected chi connectivity index (χ4v) is 3.05. The van der Waals surface area contributed by atoms with Crippen LogP contribution >= 0.6 is 11.8 Å². The van der Waals surface area contributed by atoms with Gasteiger partial charge < -0.3 is 9.64 Å². The van der Waals surface area contributed by atoms with Gasteiger partial charge in [-0.3, -0.25) is 4.79 Å². The van der Waals surface area contributed by atoms with Crippen LogP contribution < -0.4 is 0 Å². The lowest BCUT2D eigenvalue weighted by molar-refractivity contribution is -0.134. The Kier molecular flexibility index (Phi) is 6.77. The maximum Gasteiger partial charge on any atom is 0.338 e. The zero-order valence-corrected chi connectivity index (χ0v) is 13.9. The molecule has 1 aliphatic rings. The minimum Gasteiger partial charge on any atom is -0.452 e. The molecule has 120 valence electrons. The van der Waals surface area contributed by atoms with Crippen molar-refractivity contribution in [3.8, 4) is 0 Å². The number of amides is 1. The highest BCUT2D eigenvalue weighted by Gasteiger charge is 2.17. The van der Waals surface area contributed by atoms with Crippen molar-refractivity contribution in [2.24, 2.45) is 0 Å². The summed E-state index contributed by atoms with van der Waals surface area (Å²) in [5.41, 5.74) is 1.67. The van der Waals surface area contributed by atoms with E-state index in [0.717, 1.165) is 31.7 Å². The third-order valence-electron chi connectivity index (χ3n) is 3.79. The Morgan fingerprint density at radius 2 is 1.73 bits per heavy atom. The Labute approximate surface area is 136 Å². The van der Waals surface area contributed by atoms with Crippen molar-refractivity contribution in [2.75, 3.05) is 26.0 Å². The first-order valence-electron chi connectivity index (χ1n) is 7.73. The summed E-state index contributed by atoms with van der Waals surface area (Å²) in [5.74, 6) is 0.399. The number of hydrogen-bond acceptors (Lipinski definition) is 4. The average Bonchev–Trinajstić information content (AvgIpc) is 2.82. The molecule has 0 atom stereocenters. The maximum absolute atomic E-state index is 12.1. The molecule has 1 fully saturated rings. The van der Waals surface area contributed by atoms with E-state index in [0.29, 0.717) is 5.56 Å². The highest BCUT2D eigenvalue weighted by Crippen LogP contribution is 2.12. The predicted octanol–water partition coefficient (Wildman–Crippen LogP) is 3.11. The van der Waals surface area contributed by atoms with Crippen LogP contribution in [0, 0.1) is 0 Å².